The lowest BCUT2D eigenvalue weighted by Gasteiger charge is -2.18. The van der Waals surface area contributed by atoms with Crippen LogP contribution in [0.5, 0.6) is 0 Å². The molecule has 0 aliphatic rings. The molecule has 0 bridgehead atoms. The second-order valence-electron chi connectivity index (χ2n) is 5.30. The highest BCUT2D eigenvalue weighted by Crippen LogP contribution is 2.19. The molecule has 2 N–H and O–H groups in total. The number of aromatic nitrogens is 2. The fourth-order valence-corrected chi connectivity index (χ4v) is 2.87. The summed E-state index contributed by atoms with van der Waals surface area (Å²) in [5, 5.41) is 14.4. The first kappa shape index (κ1) is 16.8. The van der Waals surface area contributed by atoms with Gasteiger partial charge in [-0.1, -0.05) is 59.9 Å². The largest absolute Gasteiger partial charge is 0.336 e. The Hall–Kier alpha value is -3.06. The van der Waals surface area contributed by atoms with Gasteiger partial charge in [-0.3, -0.25) is 14.9 Å². The number of benzene rings is 2. The van der Waals surface area contributed by atoms with Gasteiger partial charge in [0.05, 0.1) is 0 Å². The van der Waals surface area contributed by atoms with E-state index in [0.29, 0.717) is 16.3 Å². The molecule has 0 saturated heterocycles. The molecule has 0 aliphatic carbocycles. The zero-order chi connectivity index (χ0) is 17.6. The van der Waals surface area contributed by atoms with Gasteiger partial charge in [-0.2, -0.15) is 0 Å². The van der Waals surface area contributed by atoms with Crippen LogP contribution in [0.3, 0.4) is 0 Å². The van der Waals surface area contributed by atoms with Gasteiger partial charge in [0.2, 0.25) is 5.13 Å². The molecule has 0 aliphatic heterocycles. The SMILES string of the molecule is Cc1nnc(NC(=O)C(NC(=O)c2ccccc2)c2ccccc2)s1. The molecule has 2 amide bonds. The number of rotatable bonds is 5. The van der Waals surface area contributed by atoms with Crippen molar-refractivity contribution in [2.75, 3.05) is 5.32 Å². The first-order valence-corrected chi connectivity index (χ1v) is 8.47. The van der Waals surface area contributed by atoms with Gasteiger partial charge in [-0.15, -0.1) is 10.2 Å². The first-order valence-electron chi connectivity index (χ1n) is 7.65. The summed E-state index contributed by atoms with van der Waals surface area (Å²) in [6.45, 7) is 1.80. The molecule has 1 unspecified atom stereocenters. The molecule has 0 fully saturated rings. The van der Waals surface area contributed by atoms with Gasteiger partial charge in [0.15, 0.2) is 0 Å². The van der Waals surface area contributed by atoms with Gasteiger partial charge in [-0.25, -0.2) is 0 Å². The van der Waals surface area contributed by atoms with Crippen LogP contribution in [0.1, 0.15) is 27.0 Å². The van der Waals surface area contributed by atoms with Crippen molar-refractivity contribution >= 4 is 28.3 Å². The Bertz CT molecular complexity index is 865. The average Bonchev–Trinajstić information content (AvgIpc) is 3.05. The van der Waals surface area contributed by atoms with Crippen LogP contribution in [-0.2, 0) is 4.79 Å². The summed E-state index contributed by atoms with van der Waals surface area (Å²) in [4.78, 5) is 25.2. The van der Waals surface area contributed by atoms with E-state index in [2.05, 4.69) is 20.8 Å². The van der Waals surface area contributed by atoms with Crippen LogP contribution >= 0.6 is 11.3 Å². The summed E-state index contributed by atoms with van der Waals surface area (Å²) in [5.41, 5.74) is 1.17. The summed E-state index contributed by atoms with van der Waals surface area (Å²) in [5.74, 6) is -0.690. The van der Waals surface area contributed by atoms with Crippen molar-refractivity contribution in [2.45, 2.75) is 13.0 Å². The molecule has 7 heteroatoms. The second kappa shape index (κ2) is 7.67. The van der Waals surface area contributed by atoms with E-state index in [4.69, 9.17) is 0 Å². The highest BCUT2D eigenvalue weighted by molar-refractivity contribution is 7.15. The predicted molar refractivity (Wildman–Crippen MR) is 96.4 cm³/mol. The van der Waals surface area contributed by atoms with E-state index in [1.807, 2.05) is 24.3 Å². The Morgan fingerprint density at radius 1 is 0.960 bits per heavy atom. The maximum absolute atomic E-state index is 12.7. The summed E-state index contributed by atoms with van der Waals surface area (Å²) in [7, 11) is 0. The number of nitrogens with zero attached hydrogens (tertiary/aromatic N) is 2. The highest BCUT2D eigenvalue weighted by atomic mass is 32.1. The van der Waals surface area contributed by atoms with Crippen molar-refractivity contribution in [2.24, 2.45) is 0 Å². The molecular weight excluding hydrogens is 336 g/mol. The Balaban J connectivity index is 1.82. The molecule has 1 heterocycles. The number of aryl methyl sites for hydroxylation is 1. The van der Waals surface area contributed by atoms with Crippen LogP contribution in [0, 0.1) is 6.92 Å². The number of hydrogen-bond donors (Lipinski definition) is 2. The van der Waals surface area contributed by atoms with E-state index in [0.717, 1.165) is 5.01 Å². The standard InChI is InChI=1S/C18H16N4O2S/c1-12-21-22-18(25-12)20-17(24)15(13-8-4-2-5-9-13)19-16(23)14-10-6-3-7-11-14/h2-11,15H,1H3,(H,19,23)(H,20,22,24). The van der Waals surface area contributed by atoms with Crippen molar-refractivity contribution < 1.29 is 9.59 Å². The minimum atomic E-state index is -0.835. The van der Waals surface area contributed by atoms with Crippen molar-refractivity contribution in [3.63, 3.8) is 0 Å². The number of hydrogen-bond acceptors (Lipinski definition) is 5. The van der Waals surface area contributed by atoms with E-state index in [9.17, 15) is 9.59 Å². The molecule has 6 nitrogen and oxygen atoms in total. The molecule has 3 rings (SSSR count). The average molecular weight is 352 g/mol. The lowest BCUT2D eigenvalue weighted by atomic mass is 10.1. The molecule has 0 spiro atoms. The number of nitrogens with one attached hydrogen (secondary N) is 2. The topological polar surface area (TPSA) is 84.0 Å². The molecule has 0 radical (unpaired) electrons. The Morgan fingerprint density at radius 2 is 1.60 bits per heavy atom. The molecule has 1 aromatic heterocycles. The van der Waals surface area contributed by atoms with E-state index in [1.165, 1.54) is 11.3 Å². The third-order valence-electron chi connectivity index (χ3n) is 3.46. The molecule has 3 aromatic rings. The lowest BCUT2D eigenvalue weighted by molar-refractivity contribution is -0.118. The van der Waals surface area contributed by atoms with Gasteiger partial charge in [0, 0.05) is 5.56 Å². The fraction of sp³-hybridized carbons (Fsp3) is 0.111. The van der Waals surface area contributed by atoms with Gasteiger partial charge in [0.25, 0.3) is 11.8 Å². The maximum Gasteiger partial charge on any atom is 0.253 e. The van der Waals surface area contributed by atoms with Crippen LogP contribution in [0.2, 0.25) is 0 Å². The first-order chi connectivity index (χ1) is 12.1. The monoisotopic (exact) mass is 352 g/mol. The summed E-state index contributed by atoms with van der Waals surface area (Å²) in [6.07, 6.45) is 0. The van der Waals surface area contributed by atoms with E-state index in [1.54, 1.807) is 43.3 Å². The number of amides is 2. The minimum absolute atomic E-state index is 0.321. The summed E-state index contributed by atoms with van der Waals surface area (Å²) in [6, 6.07) is 17.0. The second-order valence-corrected chi connectivity index (χ2v) is 6.48. The summed E-state index contributed by atoms with van der Waals surface area (Å²) < 4.78 is 0. The predicted octanol–water partition coefficient (Wildman–Crippen LogP) is 2.96. The molecule has 1 atom stereocenters. The van der Waals surface area contributed by atoms with Gasteiger partial charge >= 0.3 is 0 Å². The third-order valence-corrected chi connectivity index (χ3v) is 4.22. The van der Waals surface area contributed by atoms with Crippen molar-refractivity contribution in [3.05, 3.63) is 76.8 Å². The number of carbonyl (C=O) groups excluding carboxylic acids is 2. The highest BCUT2D eigenvalue weighted by Gasteiger charge is 2.24. The minimum Gasteiger partial charge on any atom is -0.336 e. The Kier molecular flexibility index (Phi) is 5.15. The van der Waals surface area contributed by atoms with Gasteiger partial charge in [0.1, 0.15) is 11.0 Å². The smallest absolute Gasteiger partial charge is 0.253 e. The van der Waals surface area contributed by atoms with Crippen molar-refractivity contribution in [1.82, 2.24) is 15.5 Å². The fourth-order valence-electron chi connectivity index (χ4n) is 2.27. The van der Waals surface area contributed by atoms with Crippen LogP contribution in [0.4, 0.5) is 5.13 Å². The van der Waals surface area contributed by atoms with E-state index in [-0.39, 0.29) is 11.8 Å². The van der Waals surface area contributed by atoms with Gasteiger partial charge in [-0.05, 0) is 24.6 Å². The van der Waals surface area contributed by atoms with Crippen LogP contribution in [-0.4, -0.2) is 22.0 Å². The van der Waals surface area contributed by atoms with Crippen LogP contribution < -0.4 is 10.6 Å². The third kappa shape index (κ3) is 4.27. The zero-order valence-corrected chi connectivity index (χ0v) is 14.3. The zero-order valence-electron chi connectivity index (χ0n) is 13.5. The number of carbonyl (C=O) groups is 2. The molecular formula is C18H16N4O2S. The van der Waals surface area contributed by atoms with E-state index < -0.39 is 6.04 Å². The quantitative estimate of drug-likeness (QED) is 0.739. The lowest BCUT2D eigenvalue weighted by Crippen LogP contribution is -2.37. The summed E-state index contributed by atoms with van der Waals surface area (Å²) >= 11 is 1.28. The normalized spacial score (nSPS) is 11.6. The van der Waals surface area contributed by atoms with Crippen LogP contribution in [0.25, 0.3) is 0 Å². The van der Waals surface area contributed by atoms with E-state index >= 15 is 0 Å². The van der Waals surface area contributed by atoms with Crippen LogP contribution in [0.15, 0.2) is 60.7 Å². The molecule has 126 valence electrons. The maximum atomic E-state index is 12.7. The Labute approximate surface area is 148 Å². The van der Waals surface area contributed by atoms with Crippen molar-refractivity contribution in [1.29, 1.82) is 0 Å². The molecule has 0 saturated carbocycles. The number of anilines is 1. The van der Waals surface area contributed by atoms with Crippen molar-refractivity contribution in [3.8, 4) is 0 Å². The Morgan fingerprint density at radius 3 is 2.20 bits per heavy atom. The van der Waals surface area contributed by atoms with Gasteiger partial charge < -0.3 is 5.32 Å². The molecule has 25 heavy (non-hydrogen) atoms. The molecule has 2 aromatic carbocycles.